The first-order chi connectivity index (χ1) is 12.1. The Labute approximate surface area is 147 Å². The van der Waals surface area contributed by atoms with Gasteiger partial charge >= 0.3 is 6.03 Å². The van der Waals surface area contributed by atoms with Crippen molar-refractivity contribution in [1.82, 2.24) is 10.9 Å². The van der Waals surface area contributed by atoms with E-state index in [0.717, 1.165) is 18.4 Å². The second-order valence-corrected chi connectivity index (χ2v) is 5.42. The van der Waals surface area contributed by atoms with Crippen LogP contribution in [0.5, 0.6) is 5.75 Å². The number of benzene rings is 2. The number of carbonyl (C=O) groups is 2. The lowest BCUT2D eigenvalue weighted by molar-refractivity contribution is -0.123. The fourth-order valence-corrected chi connectivity index (χ4v) is 2.24. The topological polar surface area (TPSA) is 79.5 Å². The molecule has 0 aromatic heterocycles. The highest BCUT2D eigenvalue weighted by molar-refractivity contribution is 5.91. The maximum atomic E-state index is 11.9. The number of para-hydroxylation sites is 1. The fourth-order valence-electron chi connectivity index (χ4n) is 2.24. The Morgan fingerprint density at radius 3 is 2.32 bits per heavy atom. The van der Waals surface area contributed by atoms with Crippen LogP contribution in [-0.2, 0) is 17.6 Å². The average Bonchev–Trinajstić information content (AvgIpc) is 2.65. The summed E-state index contributed by atoms with van der Waals surface area (Å²) in [5, 5.41) is 2.70. The average molecular weight is 341 g/mol. The zero-order valence-electron chi connectivity index (χ0n) is 14.5. The Morgan fingerprint density at radius 1 is 0.920 bits per heavy atom. The molecule has 3 N–H and O–H groups in total. The molecule has 0 spiro atoms. The molecule has 2 aromatic rings. The van der Waals surface area contributed by atoms with Crippen LogP contribution in [-0.4, -0.2) is 18.5 Å². The van der Waals surface area contributed by atoms with Crippen molar-refractivity contribution in [2.45, 2.75) is 26.7 Å². The van der Waals surface area contributed by atoms with Gasteiger partial charge in [-0.3, -0.25) is 10.2 Å². The smallest absolute Gasteiger partial charge is 0.337 e. The molecule has 25 heavy (non-hydrogen) atoms. The van der Waals surface area contributed by atoms with Crippen LogP contribution in [0.25, 0.3) is 0 Å². The molecule has 6 heteroatoms. The van der Waals surface area contributed by atoms with Crippen LogP contribution < -0.4 is 20.9 Å². The molecule has 132 valence electrons. The standard InChI is InChI=1S/C19H23N3O3/c1-3-14-9-11-16(12-10-14)25-13-18(23)21-22-19(24)20-17-8-6-5-7-15(17)4-2/h5-12H,3-4,13H2,1-2H3,(H,21,23)(H2,20,22,24). The Bertz CT molecular complexity index is 714. The van der Waals surface area contributed by atoms with Crippen molar-refractivity contribution < 1.29 is 14.3 Å². The summed E-state index contributed by atoms with van der Waals surface area (Å²) in [6.45, 7) is 3.89. The van der Waals surface area contributed by atoms with Crippen LogP contribution in [0, 0.1) is 0 Å². The van der Waals surface area contributed by atoms with Gasteiger partial charge in [0.2, 0.25) is 0 Å². The van der Waals surface area contributed by atoms with E-state index >= 15 is 0 Å². The molecular weight excluding hydrogens is 318 g/mol. The molecule has 0 radical (unpaired) electrons. The van der Waals surface area contributed by atoms with Gasteiger partial charge in [-0.1, -0.05) is 44.2 Å². The minimum Gasteiger partial charge on any atom is -0.484 e. The van der Waals surface area contributed by atoms with Gasteiger partial charge in [-0.2, -0.15) is 0 Å². The summed E-state index contributed by atoms with van der Waals surface area (Å²) >= 11 is 0. The molecule has 0 bridgehead atoms. The quantitative estimate of drug-likeness (QED) is 0.707. The number of carbonyl (C=O) groups excluding carboxylic acids is 2. The van der Waals surface area contributed by atoms with Gasteiger partial charge in [0.1, 0.15) is 5.75 Å². The molecule has 0 saturated heterocycles. The van der Waals surface area contributed by atoms with Crippen LogP contribution in [0.1, 0.15) is 25.0 Å². The number of aryl methyl sites for hydroxylation is 2. The summed E-state index contributed by atoms with van der Waals surface area (Å²) in [4.78, 5) is 23.6. The van der Waals surface area contributed by atoms with E-state index in [0.29, 0.717) is 11.4 Å². The van der Waals surface area contributed by atoms with Crippen molar-refractivity contribution in [2.24, 2.45) is 0 Å². The minimum absolute atomic E-state index is 0.183. The number of rotatable bonds is 6. The molecule has 0 aliphatic heterocycles. The lowest BCUT2D eigenvalue weighted by Crippen LogP contribution is -2.45. The molecule has 0 saturated carbocycles. The molecule has 0 aliphatic carbocycles. The fraction of sp³-hybridized carbons (Fsp3) is 0.263. The van der Waals surface area contributed by atoms with Gasteiger partial charge in [-0.25, -0.2) is 10.2 Å². The Morgan fingerprint density at radius 2 is 1.64 bits per heavy atom. The molecule has 0 aliphatic rings. The monoisotopic (exact) mass is 341 g/mol. The summed E-state index contributed by atoms with van der Waals surface area (Å²) < 4.78 is 5.37. The van der Waals surface area contributed by atoms with Crippen molar-refractivity contribution in [1.29, 1.82) is 0 Å². The molecule has 0 unspecified atom stereocenters. The Hall–Kier alpha value is -3.02. The highest BCUT2D eigenvalue weighted by Crippen LogP contribution is 2.15. The van der Waals surface area contributed by atoms with Gasteiger partial charge < -0.3 is 10.1 Å². The van der Waals surface area contributed by atoms with Crippen molar-refractivity contribution in [3.05, 3.63) is 59.7 Å². The van der Waals surface area contributed by atoms with Crippen LogP contribution in [0.3, 0.4) is 0 Å². The summed E-state index contributed by atoms with van der Waals surface area (Å²) in [5.41, 5.74) is 7.54. The zero-order valence-corrected chi connectivity index (χ0v) is 14.5. The number of ether oxygens (including phenoxy) is 1. The van der Waals surface area contributed by atoms with Crippen LogP contribution >= 0.6 is 0 Å². The van der Waals surface area contributed by atoms with Crippen LogP contribution in [0.4, 0.5) is 10.5 Å². The summed E-state index contributed by atoms with van der Waals surface area (Å²) in [6.07, 6.45) is 1.74. The molecule has 0 heterocycles. The molecule has 3 amide bonds. The second-order valence-electron chi connectivity index (χ2n) is 5.42. The molecular formula is C19H23N3O3. The van der Waals surface area contributed by atoms with Gasteiger partial charge in [-0.15, -0.1) is 0 Å². The molecule has 2 aromatic carbocycles. The predicted molar refractivity (Wildman–Crippen MR) is 97.4 cm³/mol. The van der Waals surface area contributed by atoms with E-state index in [1.54, 1.807) is 0 Å². The van der Waals surface area contributed by atoms with Crippen LogP contribution in [0.15, 0.2) is 48.5 Å². The first-order valence-corrected chi connectivity index (χ1v) is 8.27. The van der Waals surface area contributed by atoms with Gasteiger partial charge in [-0.05, 0) is 42.2 Å². The first kappa shape index (κ1) is 18.3. The number of hydrazine groups is 1. The van der Waals surface area contributed by atoms with Gasteiger partial charge in [0.15, 0.2) is 6.61 Å². The van der Waals surface area contributed by atoms with Gasteiger partial charge in [0, 0.05) is 5.69 Å². The van der Waals surface area contributed by atoms with E-state index in [4.69, 9.17) is 4.74 Å². The Kier molecular flexibility index (Phi) is 6.83. The minimum atomic E-state index is -0.512. The lowest BCUT2D eigenvalue weighted by Gasteiger charge is -2.12. The van der Waals surface area contributed by atoms with Crippen LogP contribution in [0.2, 0.25) is 0 Å². The van der Waals surface area contributed by atoms with Gasteiger partial charge in [0.05, 0.1) is 0 Å². The third-order valence-corrected chi connectivity index (χ3v) is 3.66. The largest absolute Gasteiger partial charge is 0.484 e. The first-order valence-electron chi connectivity index (χ1n) is 8.27. The third kappa shape index (κ3) is 5.84. The van der Waals surface area contributed by atoms with Crippen molar-refractivity contribution in [3.8, 4) is 5.75 Å². The van der Waals surface area contributed by atoms with Crippen molar-refractivity contribution in [2.75, 3.05) is 11.9 Å². The highest BCUT2D eigenvalue weighted by atomic mass is 16.5. The van der Waals surface area contributed by atoms with Crippen molar-refractivity contribution in [3.63, 3.8) is 0 Å². The van der Waals surface area contributed by atoms with E-state index in [2.05, 4.69) is 23.1 Å². The van der Waals surface area contributed by atoms with E-state index in [1.807, 2.05) is 55.5 Å². The normalized spacial score (nSPS) is 10.0. The summed E-state index contributed by atoms with van der Waals surface area (Å²) in [6, 6.07) is 14.5. The SMILES string of the molecule is CCc1ccc(OCC(=O)NNC(=O)Nc2ccccc2CC)cc1. The zero-order chi connectivity index (χ0) is 18.1. The number of hydrogen-bond acceptors (Lipinski definition) is 3. The Balaban J connectivity index is 1.74. The van der Waals surface area contributed by atoms with E-state index in [1.165, 1.54) is 5.56 Å². The highest BCUT2D eigenvalue weighted by Gasteiger charge is 2.07. The van der Waals surface area contributed by atoms with E-state index < -0.39 is 11.9 Å². The molecule has 2 rings (SSSR count). The summed E-state index contributed by atoms with van der Waals surface area (Å²) in [7, 11) is 0. The van der Waals surface area contributed by atoms with Gasteiger partial charge in [0.25, 0.3) is 5.91 Å². The second kappa shape index (κ2) is 9.32. The van der Waals surface area contributed by atoms with E-state index in [-0.39, 0.29) is 6.61 Å². The molecule has 0 atom stereocenters. The third-order valence-electron chi connectivity index (χ3n) is 3.66. The maximum Gasteiger partial charge on any atom is 0.337 e. The maximum absolute atomic E-state index is 11.9. The van der Waals surface area contributed by atoms with Crippen molar-refractivity contribution >= 4 is 17.6 Å². The lowest BCUT2D eigenvalue weighted by atomic mass is 10.1. The predicted octanol–water partition coefficient (Wildman–Crippen LogP) is 3.04. The van der Waals surface area contributed by atoms with E-state index in [9.17, 15) is 9.59 Å². The summed E-state index contributed by atoms with van der Waals surface area (Å²) in [5.74, 6) is 0.159. The number of amides is 3. The molecule has 6 nitrogen and oxygen atoms in total. The number of anilines is 1. The number of hydrogen-bond donors (Lipinski definition) is 3. The number of nitrogens with one attached hydrogen (secondary N) is 3. The molecule has 0 fully saturated rings. The number of urea groups is 1.